The van der Waals surface area contributed by atoms with Crippen molar-refractivity contribution in [2.24, 2.45) is 0 Å². The normalized spacial score (nSPS) is 12.2. The molecule has 4 heteroatoms. The molecular weight excluding hydrogens is 277 g/mol. The van der Waals surface area contributed by atoms with E-state index in [1.54, 1.807) is 24.3 Å². The quantitative estimate of drug-likeness (QED) is 0.826. The van der Waals surface area contributed by atoms with Crippen LogP contribution >= 0.6 is 11.6 Å². The number of hydrogen-bond acceptors (Lipinski definition) is 2. The summed E-state index contributed by atoms with van der Waals surface area (Å²) in [5.74, 6) is 0.447. The van der Waals surface area contributed by atoms with Crippen molar-refractivity contribution < 1.29 is 9.13 Å². The molecule has 2 aromatic carbocycles. The van der Waals surface area contributed by atoms with Gasteiger partial charge >= 0.3 is 0 Å². The first-order valence-corrected chi connectivity index (χ1v) is 6.92. The molecule has 0 spiro atoms. The molecule has 0 radical (unpaired) electrons. The molecule has 0 saturated heterocycles. The van der Waals surface area contributed by atoms with E-state index in [0.717, 1.165) is 12.0 Å². The summed E-state index contributed by atoms with van der Waals surface area (Å²) in [5.41, 5.74) is 7.15. The Hall–Kier alpha value is -1.74. The molecule has 2 aromatic rings. The molecule has 0 aliphatic rings. The van der Waals surface area contributed by atoms with Gasteiger partial charge in [-0.15, -0.1) is 0 Å². The number of ether oxygens (including phenoxy) is 1. The number of nitrogens with two attached hydrogens (primary N) is 1. The van der Waals surface area contributed by atoms with E-state index >= 15 is 0 Å². The Labute approximate surface area is 123 Å². The molecule has 1 atom stereocenters. The average molecular weight is 294 g/mol. The van der Waals surface area contributed by atoms with Gasteiger partial charge in [0.05, 0.1) is 10.7 Å². The number of nitrogen functional groups attached to an aromatic ring is 1. The van der Waals surface area contributed by atoms with Gasteiger partial charge in [0.25, 0.3) is 0 Å². The molecule has 106 valence electrons. The third-order valence-corrected chi connectivity index (χ3v) is 3.42. The predicted molar refractivity (Wildman–Crippen MR) is 80.7 cm³/mol. The molecule has 0 amide bonds. The van der Waals surface area contributed by atoms with Gasteiger partial charge in [-0.1, -0.05) is 30.7 Å². The Morgan fingerprint density at radius 1 is 1.25 bits per heavy atom. The van der Waals surface area contributed by atoms with E-state index in [0.29, 0.717) is 22.9 Å². The lowest BCUT2D eigenvalue weighted by Gasteiger charge is -2.18. The molecule has 2 nitrogen and oxygen atoms in total. The summed E-state index contributed by atoms with van der Waals surface area (Å²) in [6.07, 6.45) is 1.44. The standard InChI is InChI=1S/C16H17ClFNO/c1-2-13(9-11-4-3-5-12(18)8-11)20-14-6-7-15(17)16(19)10-14/h3-8,10,13H,2,9,19H2,1H3. The van der Waals surface area contributed by atoms with Crippen LogP contribution in [0.15, 0.2) is 42.5 Å². The molecule has 0 bridgehead atoms. The molecule has 0 fully saturated rings. The van der Waals surface area contributed by atoms with Crippen LogP contribution in [0, 0.1) is 5.82 Å². The van der Waals surface area contributed by atoms with Crippen molar-refractivity contribution in [3.63, 3.8) is 0 Å². The van der Waals surface area contributed by atoms with E-state index in [1.807, 2.05) is 13.0 Å². The first kappa shape index (κ1) is 14.7. The Bertz CT molecular complexity index is 588. The predicted octanol–water partition coefficient (Wildman–Crippen LogP) is 4.46. The Morgan fingerprint density at radius 2 is 2.05 bits per heavy atom. The molecule has 0 aromatic heterocycles. The molecule has 0 heterocycles. The van der Waals surface area contributed by atoms with Crippen LogP contribution in [0.5, 0.6) is 5.75 Å². The third kappa shape index (κ3) is 3.87. The van der Waals surface area contributed by atoms with Crippen LogP contribution in [0.4, 0.5) is 10.1 Å². The zero-order chi connectivity index (χ0) is 14.5. The van der Waals surface area contributed by atoms with Gasteiger partial charge < -0.3 is 10.5 Å². The summed E-state index contributed by atoms with van der Waals surface area (Å²) >= 11 is 5.88. The minimum Gasteiger partial charge on any atom is -0.490 e. The second-order valence-electron chi connectivity index (χ2n) is 4.67. The largest absolute Gasteiger partial charge is 0.490 e. The maximum Gasteiger partial charge on any atom is 0.123 e. The number of anilines is 1. The molecular formula is C16H17ClFNO. The lowest BCUT2D eigenvalue weighted by atomic mass is 10.1. The van der Waals surface area contributed by atoms with Crippen LogP contribution in [0.1, 0.15) is 18.9 Å². The van der Waals surface area contributed by atoms with E-state index in [1.165, 1.54) is 12.1 Å². The molecule has 1 unspecified atom stereocenters. The fraction of sp³-hybridized carbons (Fsp3) is 0.250. The Kier molecular flexibility index (Phi) is 4.85. The lowest BCUT2D eigenvalue weighted by Crippen LogP contribution is -2.18. The van der Waals surface area contributed by atoms with Crippen LogP contribution in [0.2, 0.25) is 5.02 Å². The van der Waals surface area contributed by atoms with Gasteiger partial charge in [0.1, 0.15) is 17.7 Å². The van der Waals surface area contributed by atoms with Gasteiger partial charge in [-0.3, -0.25) is 0 Å². The van der Waals surface area contributed by atoms with E-state index in [2.05, 4.69) is 0 Å². The number of benzene rings is 2. The summed E-state index contributed by atoms with van der Waals surface area (Å²) in [5, 5.41) is 0.510. The van der Waals surface area contributed by atoms with Gasteiger partial charge in [0.15, 0.2) is 0 Å². The first-order chi connectivity index (χ1) is 9.58. The smallest absolute Gasteiger partial charge is 0.123 e. The summed E-state index contributed by atoms with van der Waals surface area (Å²) in [6, 6.07) is 11.8. The van der Waals surface area contributed by atoms with E-state index in [-0.39, 0.29) is 11.9 Å². The summed E-state index contributed by atoms with van der Waals surface area (Å²) in [4.78, 5) is 0. The zero-order valence-corrected chi connectivity index (χ0v) is 12.0. The van der Waals surface area contributed by atoms with Crippen molar-refractivity contribution in [1.82, 2.24) is 0 Å². The second kappa shape index (κ2) is 6.62. The Morgan fingerprint density at radius 3 is 2.70 bits per heavy atom. The SMILES string of the molecule is CCC(Cc1cccc(F)c1)Oc1ccc(Cl)c(N)c1. The monoisotopic (exact) mass is 293 g/mol. The van der Waals surface area contributed by atoms with Crippen molar-refractivity contribution in [2.75, 3.05) is 5.73 Å². The fourth-order valence-electron chi connectivity index (χ4n) is 1.98. The minimum absolute atomic E-state index is 0.0302. The average Bonchev–Trinajstić information content (AvgIpc) is 2.42. The van der Waals surface area contributed by atoms with Crippen LogP contribution < -0.4 is 10.5 Å². The summed E-state index contributed by atoms with van der Waals surface area (Å²) in [6.45, 7) is 2.03. The maximum atomic E-state index is 13.2. The highest BCUT2D eigenvalue weighted by Crippen LogP contribution is 2.25. The second-order valence-corrected chi connectivity index (χ2v) is 5.07. The fourth-order valence-corrected chi connectivity index (χ4v) is 2.10. The van der Waals surface area contributed by atoms with E-state index in [9.17, 15) is 4.39 Å². The molecule has 2 N–H and O–H groups in total. The summed E-state index contributed by atoms with van der Waals surface area (Å²) < 4.78 is 19.1. The van der Waals surface area contributed by atoms with Gasteiger partial charge in [-0.25, -0.2) is 4.39 Å². The molecule has 0 aliphatic heterocycles. The number of halogens is 2. The molecule has 2 rings (SSSR count). The lowest BCUT2D eigenvalue weighted by molar-refractivity contribution is 0.197. The van der Waals surface area contributed by atoms with Crippen LogP contribution in [-0.2, 0) is 6.42 Å². The molecule has 0 saturated carbocycles. The zero-order valence-electron chi connectivity index (χ0n) is 11.3. The van der Waals surface area contributed by atoms with Crippen LogP contribution in [-0.4, -0.2) is 6.10 Å². The third-order valence-electron chi connectivity index (χ3n) is 3.08. The van der Waals surface area contributed by atoms with Gasteiger partial charge in [-0.05, 0) is 36.2 Å². The van der Waals surface area contributed by atoms with E-state index in [4.69, 9.17) is 22.1 Å². The number of hydrogen-bond donors (Lipinski definition) is 1. The topological polar surface area (TPSA) is 35.2 Å². The van der Waals surface area contributed by atoms with Crippen molar-refractivity contribution in [2.45, 2.75) is 25.9 Å². The van der Waals surface area contributed by atoms with Crippen molar-refractivity contribution >= 4 is 17.3 Å². The van der Waals surface area contributed by atoms with Gasteiger partial charge in [-0.2, -0.15) is 0 Å². The van der Waals surface area contributed by atoms with Crippen molar-refractivity contribution in [3.8, 4) is 5.75 Å². The highest BCUT2D eigenvalue weighted by Gasteiger charge is 2.11. The number of rotatable bonds is 5. The minimum atomic E-state index is -0.229. The van der Waals surface area contributed by atoms with E-state index < -0.39 is 0 Å². The molecule has 0 aliphatic carbocycles. The van der Waals surface area contributed by atoms with Crippen molar-refractivity contribution in [1.29, 1.82) is 0 Å². The van der Waals surface area contributed by atoms with Gasteiger partial charge in [0.2, 0.25) is 0 Å². The van der Waals surface area contributed by atoms with Gasteiger partial charge in [0, 0.05) is 12.5 Å². The highest BCUT2D eigenvalue weighted by molar-refractivity contribution is 6.33. The Balaban J connectivity index is 2.07. The maximum absolute atomic E-state index is 13.2. The molecule has 20 heavy (non-hydrogen) atoms. The van der Waals surface area contributed by atoms with Crippen molar-refractivity contribution in [3.05, 3.63) is 58.9 Å². The first-order valence-electron chi connectivity index (χ1n) is 6.54. The van der Waals surface area contributed by atoms with Crippen LogP contribution in [0.3, 0.4) is 0 Å². The highest BCUT2D eigenvalue weighted by atomic mass is 35.5. The van der Waals surface area contributed by atoms with Crippen LogP contribution in [0.25, 0.3) is 0 Å². The summed E-state index contributed by atoms with van der Waals surface area (Å²) in [7, 11) is 0.